The Labute approximate surface area is 158 Å². The van der Waals surface area contributed by atoms with Crippen LogP contribution in [0, 0.1) is 13.8 Å². The standard InChI is InChI=1S/C20H25F2N3S/c1-6-24(4)13-23-18-10-15(3)19(11-14(18)2)25(5)16-8-7-9-17(12-16)26-20(21)22/h7-13,20H,6H2,1-5H3. The first kappa shape index (κ1) is 20.2. The number of halogens is 2. The summed E-state index contributed by atoms with van der Waals surface area (Å²) < 4.78 is 25.3. The third kappa shape index (κ3) is 5.21. The summed E-state index contributed by atoms with van der Waals surface area (Å²) in [5, 5.41) is 0. The molecule has 0 spiro atoms. The molecule has 0 unspecified atom stereocenters. The van der Waals surface area contributed by atoms with Crippen LogP contribution in [0.1, 0.15) is 18.1 Å². The highest BCUT2D eigenvalue weighted by molar-refractivity contribution is 7.99. The van der Waals surface area contributed by atoms with Crippen LogP contribution in [0.2, 0.25) is 0 Å². The van der Waals surface area contributed by atoms with Gasteiger partial charge in [0.25, 0.3) is 5.76 Å². The smallest absolute Gasteiger partial charge is 0.288 e. The first-order valence-electron chi connectivity index (χ1n) is 8.46. The van der Waals surface area contributed by atoms with Crippen molar-refractivity contribution in [2.45, 2.75) is 31.4 Å². The van der Waals surface area contributed by atoms with Gasteiger partial charge in [-0.3, -0.25) is 0 Å². The molecule has 0 heterocycles. The predicted octanol–water partition coefficient (Wildman–Crippen LogP) is 6.00. The highest BCUT2D eigenvalue weighted by atomic mass is 32.2. The maximum atomic E-state index is 12.6. The number of benzene rings is 2. The Morgan fingerprint density at radius 3 is 2.50 bits per heavy atom. The van der Waals surface area contributed by atoms with Gasteiger partial charge in [-0.05, 0) is 62.2 Å². The lowest BCUT2D eigenvalue weighted by Crippen LogP contribution is -2.14. The largest absolute Gasteiger partial charge is 0.366 e. The number of aliphatic imine (C=N–C) groups is 1. The fourth-order valence-corrected chi connectivity index (χ4v) is 3.09. The third-order valence-corrected chi connectivity index (χ3v) is 4.90. The number of alkyl halides is 2. The van der Waals surface area contributed by atoms with Crippen molar-refractivity contribution in [3.8, 4) is 0 Å². The molecule has 0 saturated heterocycles. The van der Waals surface area contributed by atoms with Crippen LogP contribution in [0.25, 0.3) is 0 Å². The molecule has 2 aromatic rings. The van der Waals surface area contributed by atoms with E-state index in [1.54, 1.807) is 18.2 Å². The summed E-state index contributed by atoms with van der Waals surface area (Å²) in [7, 11) is 3.93. The molecule has 0 aliphatic heterocycles. The van der Waals surface area contributed by atoms with Crippen LogP contribution in [0.4, 0.5) is 25.8 Å². The van der Waals surface area contributed by atoms with E-state index >= 15 is 0 Å². The molecule has 0 radical (unpaired) electrons. The minimum Gasteiger partial charge on any atom is -0.366 e. The van der Waals surface area contributed by atoms with Gasteiger partial charge < -0.3 is 9.80 Å². The molecule has 0 aliphatic rings. The molecule has 0 N–H and O–H groups in total. The zero-order valence-corrected chi connectivity index (χ0v) is 16.6. The number of nitrogens with zero attached hydrogens (tertiary/aromatic N) is 3. The SMILES string of the molecule is CCN(C)C=Nc1cc(C)c(N(C)c2cccc(SC(F)F)c2)cc1C. The fourth-order valence-electron chi connectivity index (χ4n) is 2.54. The van der Waals surface area contributed by atoms with E-state index < -0.39 is 5.76 Å². The average molecular weight is 378 g/mol. The molecule has 140 valence electrons. The predicted molar refractivity (Wildman–Crippen MR) is 109 cm³/mol. The summed E-state index contributed by atoms with van der Waals surface area (Å²) in [6.07, 6.45) is 1.83. The Balaban J connectivity index is 2.31. The van der Waals surface area contributed by atoms with Gasteiger partial charge in [0.15, 0.2) is 0 Å². The summed E-state index contributed by atoms with van der Waals surface area (Å²) in [6, 6.07) is 11.4. The van der Waals surface area contributed by atoms with Gasteiger partial charge in [0.1, 0.15) is 0 Å². The average Bonchev–Trinajstić information content (AvgIpc) is 2.60. The van der Waals surface area contributed by atoms with E-state index in [2.05, 4.69) is 24.0 Å². The number of hydrogen-bond donors (Lipinski definition) is 0. The summed E-state index contributed by atoms with van der Waals surface area (Å²) in [6.45, 7) is 7.03. The highest BCUT2D eigenvalue weighted by Gasteiger charge is 2.12. The van der Waals surface area contributed by atoms with E-state index in [-0.39, 0.29) is 0 Å². The Kier molecular flexibility index (Phi) is 7.03. The Hall–Kier alpha value is -2.08. The molecule has 6 heteroatoms. The summed E-state index contributed by atoms with van der Waals surface area (Å²) in [5.74, 6) is -2.42. The van der Waals surface area contributed by atoms with Crippen LogP contribution in [-0.2, 0) is 0 Å². The third-order valence-electron chi connectivity index (χ3n) is 4.20. The first-order valence-corrected chi connectivity index (χ1v) is 9.34. The van der Waals surface area contributed by atoms with Crippen molar-refractivity contribution >= 4 is 35.2 Å². The number of aryl methyl sites for hydroxylation is 2. The lowest BCUT2D eigenvalue weighted by atomic mass is 10.1. The molecule has 0 fully saturated rings. The van der Waals surface area contributed by atoms with Gasteiger partial charge >= 0.3 is 0 Å². The summed E-state index contributed by atoms with van der Waals surface area (Å²) >= 11 is 0.563. The van der Waals surface area contributed by atoms with Gasteiger partial charge in [0.2, 0.25) is 0 Å². The Morgan fingerprint density at radius 2 is 1.85 bits per heavy atom. The minimum absolute atomic E-state index is 0.558. The normalized spacial score (nSPS) is 11.4. The molecule has 26 heavy (non-hydrogen) atoms. The fraction of sp³-hybridized carbons (Fsp3) is 0.350. The second kappa shape index (κ2) is 9.03. The second-order valence-corrected chi connectivity index (χ2v) is 7.24. The zero-order chi connectivity index (χ0) is 19.3. The minimum atomic E-state index is -2.42. The van der Waals surface area contributed by atoms with Crippen LogP contribution in [0.3, 0.4) is 0 Å². The zero-order valence-electron chi connectivity index (χ0n) is 15.8. The molecule has 2 rings (SSSR count). The molecule has 0 atom stereocenters. The molecular formula is C20H25F2N3S. The quantitative estimate of drug-likeness (QED) is 0.335. The number of anilines is 2. The van der Waals surface area contributed by atoms with Gasteiger partial charge in [-0.2, -0.15) is 8.78 Å². The topological polar surface area (TPSA) is 18.8 Å². The molecule has 2 aromatic carbocycles. The molecule has 0 bridgehead atoms. The highest BCUT2D eigenvalue weighted by Crippen LogP contribution is 2.34. The van der Waals surface area contributed by atoms with Crippen molar-refractivity contribution in [1.82, 2.24) is 4.90 Å². The molecule has 0 aromatic heterocycles. The molecule has 0 saturated carbocycles. The van der Waals surface area contributed by atoms with Crippen molar-refractivity contribution in [1.29, 1.82) is 0 Å². The van der Waals surface area contributed by atoms with Crippen LogP contribution in [0.15, 0.2) is 46.3 Å². The van der Waals surface area contributed by atoms with Crippen molar-refractivity contribution in [2.24, 2.45) is 4.99 Å². The number of thioether (sulfide) groups is 1. The van der Waals surface area contributed by atoms with E-state index in [0.717, 1.165) is 34.7 Å². The first-order chi connectivity index (χ1) is 12.3. The van der Waals surface area contributed by atoms with Crippen molar-refractivity contribution in [3.63, 3.8) is 0 Å². The lowest BCUT2D eigenvalue weighted by molar-refractivity contribution is 0.252. The van der Waals surface area contributed by atoms with Crippen LogP contribution in [0.5, 0.6) is 0 Å². The van der Waals surface area contributed by atoms with Crippen molar-refractivity contribution in [2.75, 3.05) is 25.5 Å². The van der Waals surface area contributed by atoms with E-state index in [9.17, 15) is 8.78 Å². The van der Waals surface area contributed by atoms with E-state index in [1.807, 2.05) is 50.1 Å². The van der Waals surface area contributed by atoms with Gasteiger partial charge in [-0.1, -0.05) is 17.8 Å². The second-order valence-electron chi connectivity index (χ2n) is 6.18. The number of rotatable bonds is 7. The Bertz CT molecular complexity index is 778. The van der Waals surface area contributed by atoms with E-state index in [0.29, 0.717) is 16.7 Å². The lowest BCUT2D eigenvalue weighted by Gasteiger charge is -2.23. The van der Waals surface area contributed by atoms with Crippen LogP contribution in [-0.4, -0.2) is 37.6 Å². The van der Waals surface area contributed by atoms with E-state index in [1.165, 1.54) is 0 Å². The van der Waals surface area contributed by atoms with Crippen LogP contribution >= 0.6 is 11.8 Å². The van der Waals surface area contributed by atoms with Crippen LogP contribution < -0.4 is 4.90 Å². The molecular weight excluding hydrogens is 352 g/mol. The monoisotopic (exact) mass is 377 g/mol. The Morgan fingerprint density at radius 1 is 1.12 bits per heavy atom. The van der Waals surface area contributed by atoms with Gasteiger partial charge in [0, 0.05) is 36.9 Å². The van der Waals surface area contributed by atoms with Gasteiger partial charge in [-0.25, -0.2) is 4.99 Å². The van der Waals surface area contributed by atoms with Crippen molar-refractivity contribution in [3.05, 3.63) is 47.5 Å². The summed E-state index contributed by atoms with van der Waals surface area (Å²) in [5.41, 5.74) is 4.99. The van der Waals surface area contributed by atoms with E-state index in [4.69, 9.17) is 0 Å². The molecule has 0 aliphatic carbocycles. The molecule has 0 amide bonds. The maximum Gasteiger partial charge on any atom is 0.288 e. The maximum absolute atomic E-state index is 12.6. The van der Waals surface area contributed by atoms with Gasteiger partial charge in [-0.15, -0.1) is 0 Å². The van der Waals surface area contributed by atoms with Gasteiger partial charge in [0.05, 0.1) is 12.0 Å². The molecule has 3 nitrogen and oxygen atoms in total. The number of hydrogen-bond acceptors (Lipinski definition) is 3. The van der Waals surface area contributed by atoms with Crippen molar-refractivity contribution < 1.29 is 8.78 Å². The summed E-state index contributed by atoms with van der Waals surface area (Å²) in [4.78, 5) is 9.14.